The number of benzene rings is 2. The molecular weight excluding hydrogens is 324 g/mol. The molecule has 0 unspecified atom stereocenters. The number of aromatic amines is 1. The van der Waals surface area contributed by atoms with Crippen molar-refractivity contribution in [1.29, 1.82) is 0 Å². The van der Waals surface area contributed by atoms with Crippen LogP contribution in [-0.4, -0.2) is 44.8 Å². The van der Waals surface area contributed by atoms with Gasteiger partial charge in [-0.05, 0) is 28.5 Å². The van der Waals surface area contributed by atoms with Crippen LogP contribution in [-0.2, 0) is 6.54 Å². The number of nitrogens with zero attached hydrogens (tertiary/aromatic N) is 4. The molecule has 25 heavy (non-hydrogen) atoms. The number of aromatic nitrogens is 4. The molecule has 0 aliphatic carbocycles. The van der Waals surface area contributed by atoms with Crippen molar-refractivity contribution < 1.29 is 8.78 Å². The first-order valence-corrected chi connectivity index (χ1v) is 8.14. The quantitative estimate of drug-likeness (QED) is 0.793. The molecule has 128 valence electrons. The summed E-state index contributed by atoms with van der Waals surface area (Å²) < 4.78 is 28.2. The molecule has 1 aliphatic rings. The summed E-state index contributed by atoms with van der Waals surface area (Å²) in [6.45, 7) is 1.48. The predicted molar refractivity (Wildman–Crippen MR) is 88.9 cm³/mol. The summed E-state index contributed by atoms with van der Waals surface area (Å²) in [5, 5.41) is 13.8. The lowest BCUT2D eigenvalue weighted by molar-refractivity contribution is 0.280. The first-order valence-electron chi connectivity index (χ1n) is 8.14. The molecule has 1 aromatic heterocycles. The number of rotatable bonds is 4. The topological polar surface area (TPSA) is 57.7 Å². The molecule has 2 atom stereocenters. The molecule has 2 heterocycles. The van der Waals surface area contributed by atoms with E-state index < -0.39 is 6.17 Å². The van der Waals surface area contributed by atoms with Gasteiger partial charge < -0.3 is 0 Å². The van der Waals surface area contributed by atoms with Crippen LogP contribution < -0.4 is 0 Å². The molecule has 7 heteroatoms. The normalized spacial score (nSPS) is 20.9. The van der Waals surface area contributed by atoms with E-state index >= 15 is 0 Å². The third-order valence-corrected chi connectivity index (χ3v) is 4.60. The van der Waals surface area contributed by atoms with Gasteiger partial charge in [-0.2, -0.15) is 5.21 Å². The van der Waals surface area contributed by atoms with Crippen LogP contribution in [0, 0.1) is 5.82 Å². The van der Waals surface area contributed by atoms with Gasteiger partial charge in [-0.25, -0.2) is 8.78 Å². The molecule has 0 saturated carbocycles. The van der Waals surface area contributed by atoms with E-state index in [-0.39, 0.29) is 11.7 Å². The molecule has 1 N–H and O–H groups in total. The summed E-state index contributed by atoms with van der Waals surface area (Å²) in [5.41, 5.74) is 2.44. The lowest BCUT2D eigenvalue weighted by atomic mass is 9.97. The smallest absolute Gasteiger partial charge is 0.205 e. The fraction of sp³-hybridized carbons (Fsp3) is 0.278. The van der Waals surface area contributed by atoms with E-state index in [0.29, 0.717) is 31.0 Å². The average molecular weight is 341 g/mol. The Morgan fingerprint density at radius 2 is 1.96 bits per heavy atom. The second-order valence-corrected chi connectivity index (χ2v) is 6.26. The minimum atomic E-state index is -0.920. The van der Waals surface area contributed by atoms with Crippen LogP contribution in [0.15, 0.2) is 48.5 Å². The molecule has 2 aromatic carbocycles. The van der Waals surface area contributed by atoms with Crippen molar-refractivity contribution >= 4 is 0 Å². The van der Waals surface area contributed by atoms with Crippen molar-refractivity contribution in [3.63, 3.8) is 0 Å². The number of hydrogen-bond donors (Lipinski definition) is 1. The van der Waals surface area contributed by atoms with Crippen LogP contribution in [0.2, 0.25) is 0 Å². The van der Waals surface area contributed by atoms with Crippen LogP contribution in [0.5, 0.6) is 0 Å². The van der Waals surface area contributed by atoms with Crippen LogP contribution in [0.4, 0.5) is 8.78 Å². The Kier molecular flexibility index (Phi) is 4.23. The largest absolute Gasteiger partial charge is 0.295 e. The maximum atomic E-state index is 14.5. The number of H-pyrrole nitrogens is 1. The van der Waals surface area contributed by atoms with Crippen LogP contribution in [0.3, 0.4) is 0 Å². The van der Waals surface area contributed by atoms with E-state index in [4.69, 9.17) is 0 Å². The first-order chi connectivity index (χ1) is 12.2. The maximum absolute atomic E-state index is 14.5. The molecule has 1 aliphatic heterocycles. The summed E-state index contributed by atoms with van der Waals surface area (Å²) in [6.07, 6.45) is -0.920. The highest BCUT2D eigenvalue weighted by Crippen LogP contribution is 2.32. The molecular formula is C18H17F2N5. The van der Waals surface area contributed by atoms with E-state index in [1.807, 2.05) is 35.2 Å². The lowest BCUT2D eigenvalue weighted by Gasteiger charge is -2.17. The highest BCUT2D eigenvalue weighted by molar-refractivity contribution is 5.59. The fourth-order valence-corrected chi connectivity index (χ4v) is 3.40. The number of hydrogen-bond acceptors (Lipinski definition) is 4. The van der Waals surface area contributed by atoms with Crippen molar-refractivity contribution in [2.24, 2.45) is 0 Å². The molecule has 3 aromatic rings. The van der Waals surface area contributed by atoms with Crippen molar-refractivity contribution in [1.82, 2.24) is 25.5 Å². The second kappa shape index (κ2) is 6.68. The van der Waals surface area contributed by atoms with Gasteiger partial charge in [0.2, 0.25) is 5.82 Å². The number of likely N-dealkylation sites (tertiary alicyclic amines) is 1. The lowest BCUT2D eigenvalue weighted by Crippen LogP contribution is -2.21. The van der Waals surface area contributed by atoms with Gasteiger partial charge in [-0.1, -0.05) is 36.4 Å². The second-order valence-electron chi connectivity index (χ2n) is 6.26. The van der Waals surface area contributed by atoms with Gasteiger partial charge in [0.1, 0.15) is 12.0 Å². The minimum Gasteiger partial charge on any atom is -0.295 e. The van der Waals surface area contributed by atoms with Crippen molar-refractivity contribution in [2.75, 3.05) is 13.1 Å². The zero-order chi connectivity index (χ0) is 17.2. The third kappa shape index (κ3) is 3.28. The van der Waals surface area contributed by atoms with Gasteiger partial charge in [-0.3, -0.25) is 4.90 Å². The standard InChI is InChI=1S/C18H17F2N5/c19-14-7-6-13(15(8-14)18-21-23-24-22-18)9-25-10-16(17(20)11-25)12-4-2-1-3-5-12/h1-8,16-17H,9-11H2,(H,21,22,23,24)/t16-,17-/m1/s1. The predicted octanol–water partition coefficient (Wildman–Crippen LogP) is 2.94. The minimum absolute atomic E-state index is 0.143. The Morgan fingerprint density at radius 1 is 1.12 bits per heavy atom. The Morgan fingerprint density at radius 3 is 2.72 bits per heavy atom. The monoisotopic (exact) mass is 341 g/mol. The van der Waals surface area contributed by atoms with E-state index in [1.165, 1.54) is 12.1 Å². The summed E-state index contributed by atoms with van der Waals surface area (Å²) in [4.78, 5) is 2.04. The molecule has 4 rings (SSSR count). The summed E-state index contributed by atoms with van der Waals surface area (Å²) >= 11 is 0. The van der Waals surface area contributed by atoms with Crippen molar-refractivity contribution in [2.45, 2.75) is 18.6 Å². The average Bonchev–Trinajstić information content (AvgIpc) is 3.27. The van der Waals surface area contributed by atoms with Gasteiger partial charge in [0.25, 0.3) is 0 Å². The number of halogens is 2. The van der Waals surface area contributed by atoms with Crippen LogP contribution >= 0.6 is 0 Å². The summed E-state index contributed by atoms with van der Waals surface area (Å²) in [7, 11) is 0. The summed E-state index contributed by atoms with van der Waals surface area (Å²) in [6, 6.07) is 14.2. The SMILES string of the molecule is Fc1ccc(CN2C[C@@H](F)[C@@H](c3ccccc3)C2)c(-c2nn[nH]n2)c1. The Labute approximate surface area is 143 Å². The van der Waals surface area contributed by atoms with Gasteiger partial charge in [-0.15, -0.1) is 10.2 Å². The van der Waals surface area contributed by atoms with Gasteiger partial charge in [0, 0.05) is 31.1 Å². The highest BCUT2D eigenvalue weighted by atomic mass is 19.1. The Balaban J connectivity index is 1.56. The van der Waals surface area contributed by atoms with E-state index in [9.17, 15) is 8.78 Å². The summed E-state index contributed by atoms with van der Waals surface area (Å²) in [5.74, 6) is -0.170. The number of nitrogens with one attached hydrogen (secondary N) is 1. The van der Waals surface area contributed by atoms with Gasteiger partial charge in [0.15, 0.2) is 0 Å². The molecule has 1 fully saturated rings. The fourth-order valence-electron chi connectivity index (χ4n) is 3.40. The molecule has 5 nitrogen and oxygen atoms in total. The van der Waals surface area contributed by atoms with Crippen LogP contribution in [0.25, 0.3) is 11.4 Å². The van der Waals surface area contributed by atoms with E-state index in [0.717, 1.165) is 11.1 Å². The Bertz CT molecular complexity index is 838. The van der Waals surface area contributed by atoms with Crippen molar-refractivity contribution in [3.8, 4) is 11.4 Å². The molecule has 0 spiro atoms. The number of tetrazole rings is 1. The molecule has 1 saturated heterocycles. The molecule has 0 radical (unpaired) electrons. The maximum Gasteiger partial charge on any atom is 0.205 e. The van der Waals surface area contributed by atoms with Crippen molar-refractivity contribution in [3.05, 3.63) is 65.5 Å². The molecule has 0 amide bonds. The highest BCUT2D eigenvalue weighted by Gasteiger charge is 2.34. The zero-order valence-electron chi connectivity index (χ0n) is 13.4. The first kappa shape index (κ1) is 15.8. The van der Waals surface area contributed by atoms with Crippen LogP contribution in [0.1, 0.15) is 17.0 Å². The van der Waals surface area contributed by atoms with Gasteiger partial charge in [0.05, 0.1) is 0 Å². The van der Waals surface area contributed by atoms with E-state index in [1.54, 1.807) is 6.07 Å². The molecule has 0 bridgehead atoms. The van der Waals surface area contributed by atoms with Gasteiger partial charge >= 0.3 is 0 Å². The van der Waals surface area contributed by atoms with E-state index in [2.05, 4.69) is 20.6 Å². The Hall–Kier alpha value is -2.67. The zero-order valence-corrected chi connectivity index (χ0v) is 13.4. The third-order valence-electron chi connectivity index (χ3n) is 4.60. The number of alkyl halides is 1.